The Morgan fingerprint density at radius 3 is 2.19 bits per heavy atom. The van der Waals surface area contributed by atoms with E-state index in [1.54, 1.807) is 0 Å². The third-order valence-electron chi connectivity index (χ3n) is 2.52. The summed E-state index contributed by atoms with van der Waals surface area (Å²) in [5, 5.41) is 47.7. The summed E-state index contributed by atoms with van der Waals surface area (Å²) in [6.45, 7) is 0.577. The summed E-state index contributed by atoms with van der Waals surface area (Å²) < 4.78 is 0. The minimum Gasteiger partial charge on any atom is -0.395 e. The van der Waals surface area contributed by atoms with Gasteiger partial charge in [0.2, 0.25) is 5.91 Å². The van der Waals surface area contributed by atoms with Gasteiger partial charge in [0.15, 0.2) is 6.23 Å². The van der Waals surface area contributed by atoms with E-state index in [2.05, 4.69) is 5.43 Å². The largest absolute Gasteiger partial charge is 0.395 e. The molecule has 1 aliphatic rings. The SMILES string of the molecule is CC(=O)NN1C(O)[C@H](O)[C@@H](O)[C@H](O)[C@H]1CO. The topological polar surface area (TPSA) is 133 Å². The van der Waals surface area contributed by atoms with Crippen molar-refractivity contribution in [2.75, 3.05) is 6.61 Å². The predicted molar refractivity (Wildman–Crippen MR) is 50.6 cm³/mol. The lowest BCUT2D eigenvalue weighted by atomic mass is 9.94. The molecular weight excluding hydrogens is 220 g/mol. The third kappa shape index (κ3) is 2.32. The van der Waals surface area contributed by atoms with Gasteiger partial charge in [-0.15, -0.1) is 0 Å². The lowest BCUT2D eigenvalue weighted by molar-refractivity contribution is -0.236. The number of amides is 1. The van der Waals surface area contributed by atoms with Crippen molar-refractivity contribution >= 4 is 5.91 Å². The summed E-state index contributed by atoms with van der Waals surface area (Å²) in [6.07, 6.45) is -6.29. The molecule has 6 N–H and O–H groups in total. The summed E-state index contributed by atoms with van der Waals surface area (Å²) in [7, 11) is 0. The number of piperidine rings is 1. The van der Waals surface area contributed by atoms with Gasteiger partial charge < -0.3 is 25.5 Å². The van der Waals surface area contributed by atoms with Crippen LogP contribution in [-0.2, 0) is 4.79 Å². The summed E-state index contributed by atoms with van der Waals surface area (Å²) in [5.41, 5.74) is 2.17. The molecule has 8 nitrogen and oxygen atoms in total. The van der Waals surface area contributed by atoms with Crippen molar-refractivity contribution in [3.05, 3.63) is 0 Å². The molecule has 0 aromatic heterocycles. The van der Waals surface area contributed by atoms with Crippen molar-refractivity contribution in [2.45, 2.75) is 37.5 Å². The van der Waals surface area contributed by atoms with E-state index in [1.165, 1.54) is 6.92 Å². The number of hydrazine groups is 1. The maximum Gasteiger partial charge on any atom is 0.231 e. The minimum atomic E-state index is -1.63. The highest BCUT2D eigenvalue weighted by molar-refractivity contribution is 5.72. The number of hydrogen-bond donors (Lipinski definition) is 6. The lowest BCUT2D eigenvalue weighted by Crippen LogP contribution is -2.71. The Hall–Kier alpha value is -0.770. The van der Waals surface area contributed by atoms with Gasteiger partial charge in [-0.1, -0.05) is 0 Å². The Balaban J connectivity index is 2.88. The third-order valence-corrected chi connectivity index (χ3v) is 2.52. The Kier molecular flexibility index (Phi) is 4.19. The van der Waals surface area contributed by atoms with E-state index in [0.29, 0.717) is 0 Å². The molecule has 94 valence electrons. The van der Waals surface area contributed by atoms with Crippen molar-refractivity contribution in [3.8, 4) is 0 Å². The van der Waals surface area contributed by atoms with Gasteiger partial charge in [-0.25, -0.2) is 0 Å². The molecule has 1 amide bonds. The quantitative estimate of drug-likeness (QED) is 0.289. The van der Waals surface area contributed by atoms with Gasteiger partial charge in [-0.3, -0.25) is 10.2 Å². The summed E-state index contributed by atoms with van der Waals surface area (Å²) in [5.74, 6) is -0.534. The molecule has 1 fully saturated rings. The Labute approximate surface area is 91.7 Å². The van der Waals surface area contributed by atoms with E-state index in [4.69, 9.17) is 5.11 Å². The molecule has 16 heavy (non-hydrogen) atoms. The van der Waals surface area contributed by atoms with Crippen LogP contribution in [0.5, 0.6) is 0 Å². The first-order valence-corrected chi connectivity index (χ1v) is 4.78. The van der Waals surface area contributed by atoms with Gasteiger partial charge in [-0.05, 0) is 0 Å². The van der Waals surface area contributed by atoms with E-state index < -0.39 is 43.1 Å². The molecule has 1 rings (SSSR count). The van der Waals surface area contributed by atoms with Crippen LogP contribution in [0.2, 0.25) is 0 Å². The maximum absolute atomic E-state index is 10.8. The van der Waals surface area contributed by atoms with Crippen LogP contribution in [-0.4, -0.2) is 73.6 Å². The van der Waals surface area contributed by atoms with E-state index in [1.807, 2.05) is 0 Å². The van der Waals surface area contributed by atoms with Crippen LogP contribution >= 0.6 is 0 Å². The second-order valence-electron chi connectivity index (χ2n) is 3.71. The molecule has 1 heterocycles. The molecule has 0 spiro atoms. The molecule has 1 saturated heterocycles. The van der Waals surface area contributed by atoms with Gasteiger partial charge >= 0.3 is 0 Å². The van der Waals surface area contributed by atoms with Gasteiger partial charge in [0.1, 0.15) is 18.3 Å². The highest BCUT2D eigenvalue weighted by Gasteiger charge is 2.47. The Morgan fingerprint density at radius 1 is 1.19 bits per heavy atom. The molecule has 0 aromatic rings. The first kappa shape index (κ1) is 13.3. The number of carbonyl (C=O) groups excluding carboxylic acids is 1. The molecule has 0 aromatic carbocycles. The van der Waals surface area contributed by atoms with Crippen molar-refractivity contribution < 1.29 is 30.3 Å². The molecule has 1 aliphatic heterocycles. The van der Waals surface area contributed by atoms with Crippen molar-refractivity contribution in [3.63, 3.8) is 0 Å². The van der Waals surface area contributed by atoms with Gasteiger partial charge in [0.05, 0.1) is 12.6 Å². The zero-order valence-corrected chi connectivity index (χ0v) is 8.69. The summed E-state index contributed by atoms with van der Waals surface area (Å²) in [4.78, 5) is 10.8. The maximum atomic E-state index is 10.8. The second kappa shape index (κ2) is 5.04. The first-order valence-electron chi connectivity index (χ1n) is 4.78. The fourth-order valence-electron chi connectivity index (χ4n) is 1.66. The Morgan fingerprint density at radius 2 is 1.75 bits per heavy atom. The van der Waals surface area contributed by atoms with Crippen LogP contribution in [0.1, 0.15) is 6.92 Å². The number of nitrogens with zero attached hydrogens (tertiary/aromatic N) is 1. The highest BCUT2D eigenvalue weighted by Crippen LogP contribution is 2.21. The molecular formula is C8H16N2O6. The molecule has 1 unspecified atom stereocenters. The van der Waals surface area contributed by atoms with Crippen LogP contribution in [0.4, 0.5) is 0 Å². The van der Waals surface area contributed by atoms with Crippen LogP contribution in [0.3, 0.4) is 0 Å². The normalized spacial score (nSPS) is 40.8. The molecule has 0 saturated carbocycles. The van der Waals surface area contributed by atoms with E-state index in [-0.39, 0.29) is 0 Å². The fraction of sp³-hybridized carbons (Fsp3) is 0.875. The smallest absolute Gasteiger partial charge is 0.231 e. The first-order chi connectivity index (χ1) is 7.40. The molecule has 0 bridgehead atoms. The van der Waals surface area contributed by atoms with Crippen molar-refractivity contribution in [1.29, 1.82) is 0 Å². The van der Waals surface area contributed by atoms with Crippen LogP contribution < -0.4 is 5.43 Å². The number of nitrogens with one attached hydrogen (secondary N) is 1. The number of aliphatic hydroxyl groups is 5. The van der Waals surface area contributed by atoms with Crippen LogP contribution in [0.15, 0.2) is 0 Å². The van der Waals surface area contributed by atoms with Crippen molar-refractivity contribution in [1.82, 2.24) is 10.4 Å². The molecule has 0 radical (unpaired) electrons. The average Bonchev–Trinajstić information content (AvgIpc) is 2.23. The number of rotatable bonds is 2. The number of aliphatic hydroxyl groups excluding tert-OH is 5. The predicted octanol–water partition coefficient (Wildman–Crippen LogP) is -3.88. The Bertz CT molecular complexity index is 263. The molecule has 8 heteroatoms. The number of carbonyl (C=O) groups is 1. The van der Waals surface area contributed by atoms with E-state index >= 15 is 0 Å². The number of hydrogen-bond acceptors (Lipinski definition) is 7. The van der Waals surface area contributed by atoms with Gasteiger partial charge in [0, 0.05) is 6.92 Å². The van der Waals surface area contributed by atoms with Gasteiger partial charge in [-0.2, -0.15) is 5.01 Å². The fourth-order valence-corrected chi connectivity index (χ4v) is 1.66. The van der Waals surface area contributed by atoms with E-state index in [0.717, 1.165) is 5.01 Å². The second-order valence-corrected chi connectivity index (χ2v) is 3.71. The van der Waals surface area contributed by atoms with Crippen LogP contribution in [0, 0.1) is 0 Å². The molecule has 5 atom stereocenters. The van der Waals surface area contributed by atoms with Crippen molar-refractivity contribution in [2.24, 2.45) is 0 Å². The van der Waals surface area contributed by atoms with E-state index in [9.17, 15) is 25.2 Å². The standard InChI is InChI=1S/C8H16N2O6/c1-3(12)9-10-4(2-11)5(13)6(14)7(15)8(10)16/h4-8,11,13-16H,2H2,1H3,(H,9,12)/t4-,5-,6+,7-,8?/m1/s1. The average molecular weight is 236 g/mol. The highest BCUT2D eigenvalue weighted by atomic mass is 16.4. The minimum absolute atomic E-state index is 0.534. The molecule has 0 aliphatic carbocycles. The van der Waals surface area contributed by atoms with Crippen LogP contribution in [0.25, 0.3) is 0 Å². The summed E-state index contributed by atoms with van der Waals surface area (Å²) in [6, 6.07) is -1.09. The monoisotopic (exact) mass is 236 g/mol. The summed E-state index contributed by atoms with van der Waals surface area (Å²) >= 11 is 0. The van der Waals surface area contributed by atoms with Gasteiger partial charge in [0.25, 0.3) is 0 Å². The zero-order chi connectivity index (χ0) is 12.5. The zero-order valence-electron chi connectivity index (χ0n) is 8.69. The lowest BCUT2D eigenvalue weighted by Gasteiger charge is -2.45.